The highest BCUT2D eigenvalue weighted by Crippen LogP contribution is 1.71. The van der Waals surface area contributed by atoms with Gasteiger partial charge in [-0.3, -0.25) is 10.4 Å². The lowest BCUT2D eigenvalue weighted by Crippen LogP contribution is -2.21. The van der Waals surface area contributed by atoms with Crippen molar-refractivity contribution in [2.24, 2.45) is 27.9 Å². The van der Waals surface area contributed by atoms with Gasteiger partial charge in [0.05, 0.1) is 0 Å². The van der Waals surface area contributed by atoms with Gasteiger partial charge in [0.15, 0.2) is 5.96 Å². The van der Waals surface area contributed by atoms with E-state index in [1.807, 2.05) is 0 Å². The molecule has 0 aliphatic rings. The van der Waals surface area contributed by atoms with Gasteiger partial charge in [-0.05, 0) is 7.05 Å². The molecule has 1 aromatic rings. The Morgan fingerprint density at radius 2 is 1.80 bits per heavy atom. The molecular weight excluding hydrogens is 198 g/mol. The number of guanidine groups is 1. The molecule has 0 saturated carbocycles. The third-order valence-corrected chi connectivity index (χ3v) is 0.924. The van der Waals surface area contributed by atoms with Gasteiger partial charge in [-0.1, -0.05) is 0 Å². The summed E-state index contributed by atoms with van der Waals surface area (Å²) in [6, 6.07) is 0. The molecule has 0 radical (unpaired) electrons. The largest absolute Gasteiger partial charge is 0.370 e. The van der Waals surface area contributed by atoms with Crippen LogP contribution in [0, 0.1) is 5.41 Å². The Hall–Kier alpha value is -2.16. The first kappa shape index (κ1) is 15.3. The molecular formula is C6H17N9. The predicted octanol–water partition coefficient (Wildman–Crippen LogP) is -2.52. The van der Waals surface area contributed by atoms with E-state index >= 15 is 0 Å². The Morgan fingerprint density at radius 3 is 1.93 bits per heavy atom. The summed E-state index contributed by atoms with van der Waals surface area (Å²) >= 11 is 0. The normalized spacial score (nSPS) is 7.40. The summed E-state index contributed by atoms with van der Waals surface area (Å²) in [7, 11) is 3.04. The highest BCUT2D eigenvalue weighted by Gasteiger charge is 1.88. The number of hydrogen-bond donors (Lipinski definition) is 5. The minimum atomic E-state index is -0.123. The molecule has 86 valence electrons. The van der Waals surface area contributed by atoms with Crippen LogP contribution in [0.2, 0.25) is 0 Å². The molecule has 0 amide bonds. The molecule has 9 nitrogen and oxygen atoms in total. The fourth-order valence-corrected chi connectivity index (χ4v) is 0.333. The Balaban J connectivity index is 0. The molecule has 0 unspecified atom stereocenters. The fourth-order valence-electron chi connectivity index (χ4n) is 0.333. The van der Waals surface area contributed by atoms with Gasteiger partial charge in [0.1, 0.15) is 12.7 Å². The minimum Gasteiger partial charge on any atom is -0.370 e. The van der Waals surface area contributed by atoms with Crippen LogP contribution in [0.5, 0.6) is 0 Å². The van der Waals surface area contributed by atoms with E-state index in [4.69, 9.17) is 22.6 Å². The van der Waals surface area contributed by atoms with Crippen LogP contribution in [0.3, 0.4) is 0 Å². The van der Waals surface area contributed by atoms with E-state index in [1.54, 1.807) is 0 Å². The molecule has 0 saturated heterocycles. The zero-order chi connectivity index (χ0) is 12.3. The van der Waals surface area contributed by atoms with Gasteiger partial charge >= 0.3 is 0 Å². The standard InChI is InChI=1S/C3H5N5.C2H7N3.CH5N/c4-3(5)8-2-6-1-7-8;1-5-2(3)4;1-2/h1-2H,(H3,4,5);1H3,(H4,3,4,5);2H2,1H3. The van der Waals surface area contributed by atoms with Crippen molar-refractivity contribution >= 4 is 11.9 Å². The first-order chi connectivity index (χ1) is 7.07. The second-order valence-corrected chi connectivity index (χ2v) is 1.87. The Bertz CT molecular complexity index is 271. The van der Waals surface area contributed by atoms with Crippen molar-refractivity contribution in [3.63, 3.8) is 0 Å². The van der Waals surface area contributed by atoms with E-state index in [-0.39, 0.29) is 11.9 Å². The molecule has 0 fully saturated rings. The number of nitrogen functional groups attached to an aromatic ring is 1. The number of rotatable bonds is 0. The van der Waals surface area contributed by atoms with Crippen molar-refractivity contribution in [1.82, 2.24) is 14.8 Å². The molecule has 0 bridgehead atoms. The molecule has 15 heavy (non-hydrogen) atoms. The molecule has 1 aromatic heterocycles. The van der Waals surface area contributed by atoms with Crippen LogP contribution in [0.25, 0.3) is 0 Å². The second-order valence-electron chi connectivity index (χ2n) is 1.87. The predicted molar refractivity (Wildman–Crippen MR) is 59.2 cm³/mol. The topological polar surface area (TPSA) is 171 Å². The van der Waals surface area contributed by atoms with E-state index in [2.05, 4.69) is 20.8 Å². The molecule has 0 atom stereocenters. The Labute approximate surface area is 87.7 Å². The number of aromatic nitrogens is 3. The summed E-state index contributed by atoms with van der Waals surface area (Å²) in [6.07, 6.45) is 2.68. The number of nitrogens with one attached hydrogen (secondary N) is 1. The number of aliphatic imine (C=N–C) groups is 1. The molecule has 0 spiro atoms. The smallest absolute Gasteiger partial charge is 0.215 e. The summed E-state index contributed by atoms with van der Waals surface area (Å²) in [4.78, 5) is 6.94. The monoisotopic (exact) mass is 215 g/mol. The SMILES string of the molecule is CN.CN=C(N)N.N=C(N)n1cncn1. The number of nitrogens with zero attached hydrogens (tertiary/aromatic N) is 4. The maximum Gasteiger partial charge on any atom is 0.215 e. The lowest BCUT2D eigenvalue weighted by atomic mass is 11.0. The average Bonchev–Trinajstić information content (AvgIpc) is 2.75. The van der Waals surface area contributed by atoms with Gasteiger partial charge in [0.2, 0.25) is 5.96 Å². The Morgan fingerprint density at radius 1 is 1.33 bits per heavy atom. The van der Waals surface area contributed by atoms with Crippen molar-refractivity contribution in [2.75, 3.05) is 14.1 Å². The molecule has 0 aliphatic carbocycles. The van der Waals surface area contributed by atoms with Crippen LogP contribution in [-0.4, -0.2) is 40.8 Å². The van der Waals surface area contributed by atoms with Crippen molar-refractivity contribution in [3.05, 3.63) is 12.7 Å². The van der Waals surface area contributed by atoms with E-state index < -0.39 is 0 Å². The molecule has 0 aromatic carbocycles. The number of hydrogen-bond acceptors (Lipinski definition) is 5. The van der Waals surface area contributed by atoms with Crippen molar-refractivity contribution in [3.8, 4) is 0 Å². The zero-order valence-corrected chi connectivity index (χ0v) is 8.75. The van der Waals surface area contributed by atoms with Crippen LogP contribution >= 0.6 is 0 Å². The molecule has 1 rings (SSSR count). The van der Waals surface area contributed by atoms with Crippen molar-refractivity contribution in [2.45, 2.75) is 0 Å². The van der Waals surface area contributed by atoms with E-state index in [0.29, 0.717) is 0 Å². The van der Waals surface area contributed by atoms with E-state index in [0.717, 1.165) is 0 Å². The third-order valence-electron chi connectivity index (χ3n) is 0.924. The van der Waals surface area contributed by atoms with Gasteiger partial charge in [0.25, 0.3) is 0 Å². The quantitative estimate of drug-likeness (QED) is 0.236. The average molecular weight is 215 g/mol. The van der Waals surface area contributed by atoms with Crippen molar-refractivity contribution < 1.29 is 0 Å². The molecule has 0 aliphatic heterocycles. The van der Waals surface area contributed by atoms with Crippen molar-refractivity contribution in [1.29, 1.82) is 5.41 Å². The van der Waals surface area contributed by atoms with Crippen LogP contribution in [-0.2, 0) is 0 Å². The summed E-state index contributed by atoms with van der Waals surface area (Å²) in [5, 5.41) is 10.4. The lowest BCUT2D eigenvalue weighted by molar-refractivity contribution is 0.910. The first-order valence-electron chi connectivity index (χ1n) is 3.82. The van der Waals surface area contributed by atoms with Gasteiger partial charge < -0.3 is 22.9 Å². The van der Waals surface area contributed by atoms with Gasteiger partial charge in [-0.2, -0.15) is 9.78 Å². The highest BCUT2D eigenvalue weighted by molar-refractivity contribution is 5.75. The van der Waals surface area contributed by atoms with Gasteiger partial charge in [0, 0.05) is 7.05 Å². The van der Waals surface area contributed by atoms with E-state index in [9.17, 15) is 0 Å². The first-order valence-corrected chi connectivity index (χ1v) is 3.82. The lowest BCUT2D eigenvalue weighted by Gasteiger charge is -1.89. The molecule has 1 heterocycles. The summed E-state index contributed by atoms with van der Waals surface area (Å²) in [5.74, 6) is 0.00694. The third kappa shape index (κ3) is 9.76. The van der Waals surface area contributed by atoms with Crippen LogP contribution < -0.4 is 22.9 Å². The van der Waals surface area contributed by atoms with Crippen LogP contribution in [0.4, 0.5) is 0 Å². The number of nitrogens with two attached hydrogens (primary N) is 4. The van der Waals surface area contributed by atoms with Gasteiger partial charge in [-0.15, -0.1) is 0 Å². The summed E-state index contributed by atoms with van der Waals surface area (Å²) in [5.41, 5.74) is 19.1. The van der Waals surface area contributed by atoms with Crippen LogP contribution in [0.1, 0.15) is 0 Å². The molecule has 9 heteroatoms. The summed E-state index contributed by atoms with van der Waals surface area (Å²) < 4.78 is 1.17. The summed E-state index contributed by atoms with van der Waals surface area (Å²) in [6.45, 7) is 0. The van der Waals surface area contributed by atoms with Gasteiger partial charge in [-0.25, -0.2) is 4.98 Å². The molecule has 9 N–H and O–H groups in total. The zero-order valence-electron chi connectivity index (χ0n) is 8.75. The minimum absolute atomic E-state index is 0.123. The Kier molecular flexibility index (Phi) is 10.1. The maximum atomic E-state index is 6.79. The second kappa shape index (κ2) is 9.92. The maximum absolute atomic E-state index is 6.79. The fraction of sp³-hybridized carbons (Fsp3) is 0.333. The van der Waals surface area contributed by atoms with E-state index in [1.165, 1.54) is 31.4 Å². The highest BCUT2D eigenvalue weighted by atomic mass is 15.4. The van der Waals surface area contributed by atoms with Crippen LogP contribution in [0.15, 0.2) is 17.6 Å².